The lowest BCUT2D eigenvalue weighted by Gasteiger charge is -2.11. The summed E-state index contributed by atoms with van der Waals surface area (Å²) in [5.74, 6) is 0.211. The quantitative estimate of drug-likeness (QED) is 0.786. The number of benzene rings is 2. The van der Waals surface area contributed by atoms with Crippen LogP contribution in [-0.4, -0.2) is 24.2 Å². The molecule has 0 saturated carbocycles. The molecule has 3 nitrogen and oxygen atoms in total. The molecule has 0 radical (unpaired) electrons. The van der Waals surface area contributed by atoms with E-state index in [0.29, 0.717) is 5.52 Å². The van der Waals surface area contributed by atoms with E-state index in [2.05, 4.69) is 40.2 Å². The molecule has 110 valence electrons. The number of nitrogens with zero attached hydrogens (tertiary/aromatic N) is 2. The van der Waals surface area contributed by atoms with E-state index in [0.717, 1.165) is 16.5 Å². The number of phenolic OH excluding ortho intramolecular Hbond substituents is 1. The molecule has 3 rings (SSSR count). The van der Waals surface area contributed by atoms with Crippen LogP contribution in [0.25, 0.3) is 23.1 Å². The van der Waals surface area contributed by atoms with Crippen LogP contribution in [-0.2, 0) is 0 Å². The van der Waals surface area contributed by atoms with Gasteiger partial charge in [0.2, 0.25) is 0 Å². The van der Waals surface area contributed by atoms with E-state index >= 15 is 0 Å². The molecule has 1 N–H and O–H groups in total. The molecule has 1 heterocycles. The summed E-state index contributed by atoms with van der Waals surface area (Å²) in [6.45, 7) is 0. The first-order valence-electron chi connectivity index (χ1n) is 7.17. The molecule has 0 aliphatic rings. The van der Waals surface area contributed by atoms with Gasteiger partial charge in [-0.25, -0.2) is 0 Å². The topological polar surface area (TPSA) is 36.4 Å². The number of aromatic nitrogens is 1. The third kappa shape index (κ3) is 2.79. The van der Waals surface area contributed by atoms with Gasteiger partial charge in [0.05, 0.1) is 0 Å². The Balaban J connectivity index is 1.94. The molecule has 0 saturated heterocycles. The van der Waals surface area contributed by atoms with Crippen LogP contribution in [0.3, 0.4) is 0 Å². The van der Waals surface area contributed by atoms with Crippen molar-refractivity contribution >= 4 is 28.7 Å². The van der Waals surface area contributed by atoms with Crippen molar-refractivity contribution in [3.05, 3.63) is 65.9 Å². The van der Waals surface area contributed by atoms with Gasteiger partial charge < -0.3 is 10.0 Å². The minimum absolute atomic E-state index is 0.211. The van der Waals surface area contributed by atoms with Crippen molar-refractivity contribution in [2.75, 3.05) is 19.0 Å². The number of rotatable bonds is 3. The summed E-state index contributed by atoms with van der Waals surface area (Å²) in [6, 6.07) is 15.8. The largest absolute Gasteiger partial charge is 0.506 e. The first-order chi connectivity index (χ1) is 10.6. The van der Waals surface area contributed by atoms with Crippen molar-refractivity contribution in [3.63, 3.8) is 0 Å². The third-order valence-corrected chi connectivity index (χ3v) is 3.65. The Bertz CT molecular complexity index is 820. The summed E-state index contributed by atoms with van der Waals surface area (Å²) >= 11 is 0. The number of hydrogen-bond acceptors (Lipinski definition) is 3. The molecule has 22 heavy (non-hydrogen) atoms. The molecular weight excluding hydrogens is 272 g/mol. The molecule has 0 spiro atoms. The van der Waals surface area contributed by atoms with E-state index in [1.54, 1.807) is 12.3 Å². The monoisotopic (exact) mass is 290 g/mol. The van der Waals surface area contributed by atoms with Gasteiger partial charge in [-0.1, -0.05) is 36.4 Å². The molecular formula is C19H18N2O. The van der Waals surface area contributed by atoms with Crippen molar-refractivity contribution in [3.8, 4) is 5.75 Å². The molecule has 0 aliphatic carbocycles. The van der Waals surface area contributed by atoms with Gasteiger partial charge in [-0.05, 0) is 35.4 Å². The zero-order valence-corrected chi connectivity index (χ0v) is 12.7. The van der Waals surface area contributed by atoms with E-state index in [9.17, 15) is 5.11 Å². The lowest BCUT2D eigenvalue weighted by Crippen LogP contribution is -2.07. The second kappa shape index (κ2) is 5.90. The molecule has 0 aliphatic heterocycles. The Morgan fingerprint density at radius 1 is 0.955 bits per heavy atom. The van der Waals surface area contributed by atoms with Gasteiger partial charge in [0.15, 0.2) is 0 Å². The lowest BCUT2D eigenvalue weighted by atomic mass is 10.1. The lowest BCUT2D eigenvalue weighted by molar-refractivity contribution is 0.480. The first kappa shape index (κ1) is 14.1. The van der Waals surface area contributed by atoms with E-state index in [-0.39, 0.29) is 5.75 Å². The van der Waals surface area contributed by atoms with Crippen molar-refractivity contribution in [1.82, 2.24) is 4.98 Å². The van der Waals surface area contributed by atoms with Gasteiger partial charge in [0.25, 0.3) is 0 Å². The molecule has 1 aromatic heterocycles. The summed E-state index contributed by atoms with van der Waals surface area (Å²) in [7, 11) is 4.06. The zero-order valence-electron chi connectivity index (χ0n) is 12.7. The van der Waals surface area contributed by atoms with Gasteiger partial charge in [0, 0.05) is 31.4 Å². The average molecular weight is 290 g/mol. The first-order valence-corrected chi connectivity index (χ1v) is 7.17. The van der Waals surface area contributed by atoms with Crippen LogP contribution in [0.1, 0.15) is 11.1 Å². The number of para-hydroxylation sites is 1. The second-order valence-electron chi connectivity index (χ2n) is 5.39. The molecule has 3 heteroatoms. The van der Waals surface area contributed by atoms with Crippen molar-refractivity contribution in [1.29, 1.82) is 0 Å². The minimum atomic E-state index is 0.211. The van der Waals surface area contributed by atoms with Gasteiger partial charge in [-0.2, -0.15) is 0 Å². The van der Waals surface area contributed by atoms with E-state index < -0.39 is 0 Å². The molecule has 0 fully saturated rings. The highest BCUT2D eigenvalue weighted by Gasteiger charge is 2.03. The summed E-state index contributed by atoms with van der Waals surface area (Å²) in [6.07, 6.45) is 5.84. The molecule has 0 bridgehead atoms. The second-order valence-corrected chi connectivity index (χ2v) is 5.39. The maximum atomic E-state index is 9.87. The zero-order chi connectivity index (χ0) is 15.5. The Labute approximate surface area is 130 Å². The fourth-order valence-electron chi connectivity index (χ4n) is 2.40. The maximum Gasteiger partial charge on any atom is 0.141 e. The van der Waals surface area contributed by atoms with Crippen LogP contribution in [0.4, 0.5) is 5.69 Å². The van der Waals surface area contributed by atoms with Gasteiger partial charge in [-0.3, -0.25) is 4.98 Å². The fraction of sp³-hybridized carbons (Fsp3) is 0.105. The predicted molar refractivity (Wildman–Crippen MR) is 93.1 cm³/mol. The highest BCUT2D eigenvalue weighted by Crippen LogP contribution is 2.26. The van der Waals surface area contributed by atoms with E-state index in [1.165, 1.54) is 5.69 Å². The third-order valence-electron chi connectivity index (χ3n) is 3.65. The Hall–Kier alpha value is -2.81. The van der Waals surface area contributed by atoms with Crippen molar-refractivity contribution < 1.29 is 5.11 Å². The van der Waals surface area contributed by atoms with Crippen LogP contribution in [0.2, 0.25) is 0 Å². The number of pyridine rings is 1. The molecule has 0 amide bonds. The predicted octanol–water partition coefficient (Wildman–Crippen LogP) is 4.18. The highest BCUT2D eigenvalue weighted by atomic mass is 16.3. The Morgan fingerprint density at radius 2 is 1.73 bits per heavy atom. The number of phenols is 1. The van der Waals surface area contributed by atoms with Gasteiger partial charge in [-0.15, -0.1) is 0 Å². The average Bonchev–Trinajstić information content (AvgIpc) is 2.54. The van der Waals surface area contributed by atoms with Gasteiger partial charge >= 0.3 is 0 Å². The van der Waals surface area contributed by atoms with Crippen LogP contribution in [0, 0.1) is 0 Å². The van der Waals surface area contributed by atoms with E-state index in [1.807, 2.05) is 38.4 Å². The molecule has 0 unspecified atom stereocenters. The van der Waals surface area contributed by atoms with Crippen LogP contribution in [0.15, 0.2) is 54.7 Å². The SMILES string of the molecule is CN(C)c1ccc(/C=C/c2ccnc3c(O)cccc23)cc1. The fourth-order valence-corrected chi connectivity index (χ4v) is 2.40. The number of hydrogen-bond donors (Lipinski definition) is 1. The van der Waals surface area contributed by atoms with Crippen molar-refractivity contribution in [2.45, 2.75) is 0 Å². The minimum Gasteiger partial charge on any atom is -0.506 e. The van der Waals surface area contributed by atoms with Gasteiger partial charge in [0.1, 0.15) is 11.3 Å². The smallest absolute Gasteiger partial charge is 0.141 e. The Morgan fingerprint density at radius 3 is 2.45 bits per heavy atom. The van der Waals surface area contributed by atoms with Crippen LogP contribution >= 0.6 is 0 Å². The molecule has 2 aromatic carbocycles. The Kier molecular flexibility index (Phi) is 3.79. The van der Waals surface area contributed by atoms with Crippen molar-refractivity contribution in [2.24, 2.45) is 0 Å². The normalized spacial score (nSPS) is 11.2. The summed E-state index contributed by atoms with van der Waals surface area (Å²) in [4.78, 5) is 6.31. The highest BCUT2D eigenvalue weighted by molar-refractivity contribution is 5.93. The summed E-state index contributed by atoms with van der Waals surface area (Å²) < 4.78 is 0. The summed E-state index contributed by atoms with van der Waals surface area (Å²) in [5, 5.41) is 10.8. The number of aromatic hydroxyl groups is 1. The number of fused-ring (bicyclic) bond motifs is 1. The standard InChI is InChI=1S/C19H18N2O/c1-21(2)16-10-7-14(8-11-16)6-9-15-12-13-20-19-17(15)4-3-5-18(19)22/h3-13,22H,1-2H3/b9-6+. The summed E-state index contributed by atoms with van der Waals surface area (Å²) in [5.41, 5.74) is 3.98. The number of anilines is 1. The van der Waals surface area contributed by atoms with Crippen LogP contribution < -0.4 is 4.90 Å². The molecule has 0 atom stereocenters. The van der Waals surface area contributed by atoms with E-state index in [4.69, 9.17) is 0 Å². The maximum absolute atomic E-state index is 9.87. The van der Waals surface area contributed by atoms with Crippen LogP contribution in [0.5, 0.6) is 5.75 Å². The molecule has 3 aromatic rings.